The smallest absolute Gasteiger partial charge is 0.0838 e. The quantitative estimate of drug-likeness (QED) is 0.330. The van der Waals surface area contributed by atoms with Gasteiger partial charge in [-0.05, 0) is 61.2 Å². The number of fused-ring (bicyclic) bond motifs is 5. The lowest BCUT2D eigenvalue weighted by Gasteiger charge is -2.53. The molecule has 0 radical (unpaired) electrons. The van der Waals surface area contributed by atoms with Crippen molar-refractivity contribution < 1.29 is 0 Å². The van der Waals surface area contributed by atoms with Gasteiger partial charge >= 0.3 is 0 Å². The van der Waals surface area contributed by atoms with Gasteiger partial charge in [0.15, 0.2) is 0 Å². The molecule has 4 rings (SSSR count). The van der Waals surface area contributed by atoms with E-state index in [0.29, 0.717) is 16.2 Å². The lowest BCUT2D eigenvalue weighted by molar-refractivity contribution is 0.0328. The van der Waals surface area contributed by atoms with Gasteiger partial charge in [-0.3, -0.25) is 0 Å². The van der Waals surface area contributed by atoms with E-state index in [0.717, 1.165) is 17.8 Å². The maximum absolute atomic E-state index is 4.06. The van der Waals surface area contributed by atoms with E-state index in [1.165, 1.54) is 38.5 Å². The van der Waals surface area contributed by atoms with Gasteiger partial charge in [0.05, 0.1) is 3.23 Å². The van der Waals surface area contributed by atoms with E-state index in [2.05, 4.69) is 65.6 Å². The minimum Gasteiger partial charge on any atom is -0.0838 e. The summed E-state index contributed by atoms with van der Waals surface area (Å²) in [5.41, 5.74) is 3.31. The molecule has 2 unspecified atom stereocenters. The number of hydrogen-bond donors (Lipinski definition) is 0. The fraction of sp³-hybridized carbons (Fsp3) is 0.895. The van der Waals surface area contributed by atoms with Gasteiger partial charge in [0.1, 0.15) is 0 Å². The van der Waals surface area contributed by atoms with Crippen molar-refractivity contribution in [2.75, 3.05) is 0 Å². The molecule has 0 aliphatic heterocycles. The van der Waals surface area contributed by atoms with Crippen LogP contribution in [0.4, 0.5) is 0 Å². The molecule has 2 heteroatoms. The Balaban J connectivity index is 1.79. The molecule has 4 aliphatic carbocycles. The van der Waals surface area contributed by atoms with Crippen LogP contribution in [0.2, 0.25) is 0 Å². The Kier molecular flexibility index (Phi) is 3.05. The average Bonchev–Trinajstić information content (AvgIpc) is 2.75. The largest absolute Gasteiger partial charge is 0.0938 e. The van der Waals surface area contributed by atoms with Crippen molar-refractivity contribution in [1.29, 1.82) is 0 Å². The van der Waals surface area contributed by atoms with Gasteiger partial charge in [-0.1, -0.05) is 71.2 Å². The Labute approximate surface area is 146 Å². The van der Waals surface area contributed by atoms with E-state index >= 15 is 0 Å². The van der Waals surface area contributed by atoms with Gasteiger partial charge in [-0.15, -0.1) is 0 Å². The van der Waals surface area contributed by atoms with E-state index < -0.39 is 0 Å². The normalized spacial score (nSPS) is 57.0. The van der Waals surface area contributed by atoms with Crippen molar-refractivity contribution in [3.8, 4) is 0 Å². The number of halogens is 2. The second-order valence-electron chi connectivity index (χ2n) is 8.88. The van der Waals surface area contributed by atoms with Gasteiger partial charge in [0, 0.05) is 11.3 Å². The minimum atomic E-state index is 0.184. The molecule has 0 bridgehead atoms. The Morgan fingerprint density at radius 3 is 2.57 bits per heavy atom. The molecule has 21 heavy (non-hydrogen) atoms. The summed E-state index contributed by atoms with van der Waals surface area (Å²) in [6.45, 7) is 10.1. The van der Waals surface area contributed by atoms with Gasteiger partial charge in [-0.2, -0.15) is 0 Å². The predicted octanol–water partition coefficient (Wildman–Crippen LogP) is 6.68. The summed E-state index contributed by atoms with van der Waals surface area (Å²) < 4.78 is 0.184. The minimum absolute atomic E-state index is 0.184. The Morgan fingerprint density at radius 1 is 1.19 bits per heavy atom. The molecule has 0 aromatic carbocycles. The van der Waals surface area contributed by atoms with E-state index in [1.807, 2.05) is 0 Å². The number of allylic oxidation sites excluding steroid dienone is 2. The fourth-order valence-corrected chi connectivity index (χ4v) is 9.31. The number of rotatable bonds is 1. The van der Waals surface area contributed by atoms with Crippen LogP contribution >= 0.6 is 31.9 Å². The molecule has 0 aromatic rings. The molecule has 3 saturated carbocycles. The average molecular weight is 416 g/mol. The van der Waals surface area contributed by atoms with Gasteiger partial charge in [-0.25, -0.2) is 0 Å². The summed E-state index contributed by atoms with van der Waals surface area (Å²) in [5, 5.41) is 0. The summed E-state index contributed by atoms with van der Waals surface area (Å²) in [5.74, 6) is 2.53. The molecule has 6 atom stereocenters. The van der Waals surface area contributed by atoms with Gasteiger partial charge < -0.3 is 0 Å². The maximum Gasteiger partial charge on any atom is 0.0938 e. The Hall–Kier alpha value is 0.700. The van der Waals surface area contributed by atoms with Crippen molar-refractivity contribution in [2.45, 2.75) is 69.5 Å². The summed E-state index contributed by atoms with van der Waals surface area (Å²) in [7, 11) is 0. The molecular weight excluding hydrogens is 388 g/mol. The van der Waals surface area contributed by atoms with E-state index in [1.54, 1.807) is 5.57 Å². The zero-order chi connectivity index (χ0) is 15.3. The Bertz CT molecular complexity index is 522. The van der Waals surface area contributed by atoms with Crippen molar-refractivity contribution in [1.82, 2.24) is 0 Å². The molecule has 3 fully saturated rings. The molecular formula is C19H28Br2. The van der Waals surface area contributed by atoms with Crippen LogP contribution in [0.5, 0.6) is 0 Å². The molecule has 0 spiro atoms. The first kappa shape index (κ1) is 15.2. The zero-order valence-corrected chi connectivity index (χ0v) is 17.0. The van der Waals surface area contributed by atoms with Crippen LogP contribution in [0.15, 0.2) is 11.6 Å². The first-order chi connectivity index (χ1) is 9.74. The summed E-state index contributed by atoms with van der Waals surface area (Å²) >= 11 is 8.11. The van der Waals surface area contributed by atoms with Crippen molar-refractivity contribution in [3.63, 3.8) is 0 Å². The van der Waals surface area contributed by atoms with Gasteiger partial charge in [0.25, 0.3) is 0 Å². The number of alkyl halides is 2. The van der Waals surface area contributed by atoms with Crippen LogP contribution in [0.25, 0.3) is 0 Å². The van der Waals surface area contributed by atoms with Crippen molar-refractivity contribution in [3.05, 3.63) is 11.6 Å². The standard InChI is InChI=1S/C19H28Br2/c1-5-18-11-10-17(4)13(15(18)19(18,20)21)8-9-16(3)12(2)6-7-14(16)17/h8,12,14-15H,5-7,9-11H2,1-4H3/t12-,14+,15?,16+,17-,18?/m0/s1. The van der Waals surface area contributed by atoms with Crippen LogP contribution in [0, 0.1) is 34.0 Å². The SMILES string of the molecule is CCC12CC[C@@]3(C)C(=CC[C@@]4(C)[C@H]3CC[C@@H]4C)C1C2(Br)Br. The van der Waals surface area contributed by atoms with E-state index in [4.69, 9.17) is 0 Å². The predicted molar refractivity (Wildman–Crippen MR) is 96.8 cm³/mol. The molecule has 0 N–H and O–H groups in total. The van der Waals surface area contributed by atoms with Crippen LogP contribution in [-0.2, 0) is 0 Å². The van der Waals surface area contributed by atoms with Gasteiger partial charge in [0.2, 0.25) is 0 Å². The monoisotopic (exact) mass is 414 g/mol. The fourth-order valence-electron chi connectivity index (χ4n) is 6.75. The number of hydrogen-bond acceptors (Lipinski definition) is 0. The van der Waals surface area contributed by atoms with Crippen LogP contribution in [0.3, 0.4) is 0 Å². The van der Waals surface area contributed by atoms with E-state index in [9.17, 15) is 0 Å². The first-order valence-electron chi connectivity index (χ1n) is 8.82. The highest BCUT2D eigenvalue weighted by Crippen LogP contribution is 2.83. The molecule has 0 heterocycles. The third-order valence-electron chi connectivity index (χ3n) is 8.53. The highest BCUT2D eigenvalue weighted by atomic mass is 79.9. The topological polar surface area (TPSA) is 0 Å². The third-order valence-corrected chi connectivity index (χ3v) is 11.0. The summed E-state index contributed by atoms with van der Waals surface area (Å²) in [6.07, 6.45) is 11.0. The van der Waals surface area contributed by atoms with E-state index in [-0.39, 0.29) is 3.23 Å². The molecule has 4 aliphatic rings. The Morgan fingerprint density at radius 2 is 1.90 bits per heavy atom. The molecule has 0 aromatic heterocycles. The highest BCUT2D eigenvalue weighted by Gasteiger charge is 2.78. The highest BCUT2D eigenvalue weighted by molar-refractivity contribution is 9.25. The lowest BCUT2D eigenvalue weighted by atomic mass is 9.51. The van der Waals surface area contributed by atoms with Crippen LogP contribution in [0.1, 0.15) is 66.2 Å². The molecule has 118 valence electrons. The zero-order valence-electron chi connectivity index (χ0n) is 13.8. The second-order valence-corrected chi connectivity index (χ2v) is 12.4. The summed E-state index contributed by atoms with van der Waals surface area (Å²) in [6, 6.07) is 0. The first-order valence-corrected chi connectivity index (χ1v) is 10.4. The second kappa shape index (κ2) is 4.21. The van der Waals surface area contributed by atoms with Crippen molar-refractivity contribution in [2.24, 2.45) is 34.0 Å². The molecule has 0 saturated heterocycles. The third kappa shape index (κ3) is 1.53. The maximum atomic E-state index is 4.06. The molecule has 0 amide bonds. The molecule has 0 nitrogen and oxygen atoms in total. The van der Waals surface area contributed by atoms with Crippen LogP contribution < -0.4 is 0 Å². The lowest BCUT2D eigenvalue weighted by Crippen LogP contribution is -2.45. The van der Waals surface area contributed by atoms with Crippen molar-refractivity contribution >= 4 is 31.9 Å². The summed E-state index contributed by atoms with van der Waals surface area (Å²) in [4.78, 5) is 0. The van der Waals surface area contributed by atoms with Crippen LogP contribution in [-0.4, -0.2) is 3.23 Å².